The molecule has 2 aromatic rings. The lowest BCUT2D eigenvalue weighted by atomic mass is 10.1. The van der Waals surface area contributed by atoms with E-state index in [1.165, 1.54) is 12.1 Å². The number of benzene rings is 1. The van der Waals surface area contributed by atoms with E-state index in [9.17, 15) is 9.50 Å². The van der Waals surface area contributed by atoms with E-state index in [2.05, 4.69) is 0 Å². The Hall–Kier alpha value is -1.03. The SMILES string of the molecule is OC(Cc1ccc(F)c(Cl)c1)c1ccc(Cl)o1. The van der Waals surface area contributed by atoms with Gasteiger partial charge >= 0.3 is 0 Å². The van der Waals surface area contributed by atoms with Gasteiger partial charge in [0, 0.05) is 6.42 Å². The molecule has 1 aromatic carbocycles. The van der Waals surface area contributed by atoms with Gasteiger partial charge in [0.2, 0.25) is 0 Å². The normalized spacial score (nSPS) is 12.7. The van der Waals surface area contributed by atoms with E-state index in [-0.39, 0.29) is 16.7 Å². The second-order valence-corrected chi connectivity index (χ2v) is 4.39. The van der Waals surface area contributed by atoms with Crippen LogP contribution in [0.3, 0.4) is 0 Å². The van der Waals surface area contributed by atoms with Crippen molar-refractivity contribution in [2.45, 2.75) is 12.5 Å². The molecule has 0 saturated heterocycles. The van der Waals surface area contributed by atoms with Crippen molar-refractivity contribution < 1.29 is 13.9 Å². The molecule has 17 heavy (non-hydrogen) atoms. The van der Waals surface area contributed by atoms with E-state index in [4.69, 9.17) is 27.6 Å². The van der Waals surface area contributed by atoms with E-state index in [0.717, 1.165) is 5.56 Å². The molecule has 5 heteroatoms. The van der Waals surface area contributed by atoms with Gasteiger partial charge in [0.25, 0.3) is 0 Å². The van der Waals surface area contributed by atoms with E-state index in [1.54, 1.807) is 18.2 Å². The van der Waals surface area contributed by atoms with Crippen molar-refractivity contribution in [3.8, 4) is 0 Å². The minimum Gasteiger partial charge on any atom is -0.447 e. The fourth-order valence-corrected chi connectivity index (χ4v) is 1.85. The molecule has 2 nitrogen and oxygen atoms in total. The molecule has 1 N–H and O–H groups in total. The van der Waals surface area contributed by atoms with Gasteiger partial charge in [0.05, 0.1) is 5.02 Å². The lowest BCUT2D eigenvalue weighted by Gasteiger charge is -2.08. The monoisotopic (exact) mass is 274 g/mol. The van der Waals surface area contributed by atoms with Crippen molar-refractivity contribution in [2.75, 3.05) is 0 Å². The molecule has 0 amide bonds. The summed E-state index contributed by atoms with van der Waals surface area (Å²) < 4.78 is 18.0. The number of aliphatic hydroxyl groups is 1. The predicted octanol–water partition coefficient (Wildman–Crippen LogP) is 4.00. The maximum atomic E-state index is 12.9. The van der Waals surface area contributed by atoms with Crippen molar-refractivity contribution in [2.24, 2.45) is 0 Å². The van der Waals surface area contributed by atoms with Crippen molar-refractivity contribution in [3.05, 3.63) is 57.7 Å². The van der Waals surface area contributed by atoms with E-state index in [0.29, 0.717) is 5.76 Å². The molecule has 2 rings (SSSR count). The van der Waals surface area contributed by atoms with E-state index < -0.39 is 11.9 Å². The maximum absolute atomic E-state index is 12.9. The largest absolute Gasteiger partial charge is 0.447 e. The summed E-state index contributed by atoms with van der Waals surface area (Å²) in [7, 11) is 0. The van der Waals surface area contributed by atoms with E-state index >= 15 is 0 Å². The van der Waals surface area contributed by atoms with Gasteiger partial charge < -0.3 is 9.52 Å². The van der Waals surface area contributed by atoms with Crippen molar-refractivity contribution in [1.82, 2.24) is 0 Å². The number of hydrogen-bond donors (Lipinski definition) is 1. The van der Waals surface area contributed by atoms with Crippen LogP contribution in [0.25, 0.3) is 0 Å². The van der Waals surface area contributed by atoms with Crippen LogP contribution in [0.5, 0.6) is 0 Å². The number of halogens is 3. The molecule has 0 bridgehead atoms. The Morgan fingerprint density at radius 2 is 2.00 bits per heavy atom. The molecule has 0 spiro atoms. The zero-order valence-electron chi connectivity index (χ0n) is 8.66. The maximum Gasteiger partial charge on any atom is 0.193 e. The average molecular weight is 275 g/mol. The van der Waals surface area contributed by atoms with Crippen LogP contribution in [-0.4, -0.2) is 5.11 Å². The van der Waals surface area contributed by atoms with Crippen LogP contribution in [0.2, 0.25) is 10.2 Å². The zero-order valence-corrected chi connectivity index (χ0v) is 10.2. The molecule has 1 heterocycles. The second-order valence-electron chi connectivity index (χ2n) is 3.61. The zero-order chi connectivity index (χ0) is 12.4. The Labute approximate surface area is 108 Å². The lowest BCUT2D eigenvalue weighted by molar-refractivity contribution is 0.150. The molecule has 0 aliphatic heterocycles. The molecule has 0 fully saturated rings. The summed E-state index contributed by atoms with van der Waals surface area (Å²) in [6.45, 7) is 0. The first-order chi connectivity index (χ1) is 8.06. The van der Waals surface area contributed by atoms with Crippen LogP contribution < -0.4 is 0 Å². The summed E-state index contributed by atoms with van der Waals surface area (Å²) in [5.74, 6) is -0.110. The number of hydrogen-bond acceptors (Lipinski definition) is 2. The van der Waals surface area contributed by atoms with Crippen LogP contribution in [0.4, 0.5) is 4.39 Å². The Balaban J connectivity index is 2.12. The summed E-state index contributed by atoms with van der Waals surface area (Å²) in [6, 6.07) is 7.45. The minimum atomic E-state index is -0.830. The minimum absolute atomic E-state index is 0.0344. The third-order valence-electron chi connectivity index (χ3n) is 2.34. The molecule has 0 radical (unpaired) electrons. The molecular formula is C12H9Cl2FO2. The summed E-state index contributed by atoms with van der Waals surface area (Å²) in [6.07, 6.45) is -0.548. The van der Waals surface area contributed by atoms with Gasteiger partial charge in [-0.2, -0.15) is 0 Å². The van der Waals surface area contributed by atoms with E-state index in [1.807, 2.05) is 0 Å². The highest BCUT2D eigenvalue weighted by atomic mass is 35.5. The second kappa shape index (κ2) is 5.08. The first kappa shape index (κ1) is 12.4. The van der Waals surface area contributed by atoms with Crippen molar-refractivity contribution >= 4 is 23.2 Å². The van der Waals surface area contributed by atoms with Gasteiger partial charge in [-0.25, -0.2) is 4.39 Å². The first-order valence-electron chi connectivity index (χ1n) is 4.93. The Bertz CT molecular complexity index is 525. The number of aliphatic hydroxyl groups excluding tert-OH is 1. The molecular weight excluding hydrogens is 266 g/mol. The third-order valence-corrected chi connectivity index (χ3v) is 2.83. The molecule has 0 saturated carbocycles. The quantitative estimate of drug-likeness (QED) is 0.918. The smallest absolute Gasteiger partial charge is 0.193 e. The molecule has 1 unspecified atom stereocenters. The Morgan fingerprint density at radius 1 is 1.24 bits per heavy atom. The van der Waals surface area contributed by atoms with Crippen molar-refractivity contribution in [3.63, 3.8) is 0 Å². The first-order valence-corrected chi connectivity index (χ1v) is 5.69. The van der Waals surface area contributed by atoms with Gasteiger partial charge in [-0.15, -0.1) is 0 Å². The summed E-state index contributed by atoms with van der Waals surface area (Å²) in [5.41, 5.74) is 0.719. The summed E-state index contributed by atoms with van der Waals surface area (Å²) in [4.78, 5) is 0. The molecule has 0 aliphatic carbocycles. The molecule has 1 atom stereocenters. The third kappa shape index (κ3) is 3.00. The highest BCUT2D eigenvalue weighted by Gasteiger charge is 2.13. The van der Waals surface area contributed by atoms with Gasteiger partial charge in [0.1, 0.15) is 17.7 Å². The molecule has 1 aromatic heterocycles. The molecule has 90 valence electrons. The number of furan rings is 1. The van der Waals surface area contributed by atoms with Crippen LogP contribution >= 0.6 is 23.2 Å². The van der Waals surface area contributed by atoms with Crippen LogP contribution in [0, 0.1) is 5.82 Å². The van der Waals surface area contributed by atoms with Gasteiger partial charge in [-0.05, 0) is 41.4 Å². The van der Waals surface area contributed by atoms with Crippen molar-refractivity contribution in [1.29, 1.82) is 0 Å². The van der Waals surface area contributed by atoms with Gasteiger partial charge in [-0.3, -0.25) is 0 Å². The highest BCUT2D eigenvalue weighted by molar-refractivity contribution is 6.30. The fraction of sp³-hybridized carbons (Fsp3) is 0.167. The lowest BCUT2D eigenvalue weighted by Crippen LogP contribution is -2.00. The Kier molecular flexibility index (Phi) is 3.72. The van der Waals surface area contributed by atoms with Crippen LogP contribution in [0.15, 0.2) is 34.7 Å². The highest BCUT2D eigenvalue weighted by Crippen LogP contribution is 2.24. The predicted molar refractivity (Wildman–Crippen MR) is 63.8 cm³/mol. The van der Waals surface area contributed by atoms with Crippen LogP contribution in [0.1, 0.15) is 17.4 Å². The average Bonchev–Trinajstić information content (AvgIpc) is 2.70. The standard InChI is InChI=1S/C12H9Cl2FO2/c13-8-5-7(1-2-9(8)15)6-10(16)11-3-4-12(14)17-11/h1-5,10,16H,6H2. The number of rotatable bonds is 3. The fourth-order valence-electron chi connectivity index (χ4n) is 1.50. The van der Waals surface area contributed by atoms with Gasteiger partial charge in [0.15, 0.2) is 5.22 Å². The Morgan fingerprint density at radius 3 is 2.59 bits per heavy atom. The summed E-state index contributed by atoms with van der Waals surface area (Å²) in [5, 5.41) is 10.1. The summed E-state index contributed by atoms with van der Waals surface area (Å²) >= 11 is 11.3. The van der Waals surface area contributed by atoms with Gasteiger partial charge in [-0.1, -0.05) is 17.7 Å². The van der Waals surface area contributed by atoms with Crippen LogP contribution in [-0.2, 0) is 6.42 Å². The topological polar surface area (TPSA) is 33.4 Å². The molecule has 0 aliphatic rings.